The monoisotopic (exact) mass is 259 g/mol. The Labute approximate surface area is 115 Å². The number of carbonyl (C=O) groups is 1. The molecule has 0 aliphatic carbocycles. The van der Waals surface area contributed by atoms with Crippen LogP contribution in [0.15, 0.2) is 24.3 Å². The highest BCUT2D eigenvalue weighted by atomic mass is 16.2. The lowest BCUT2D eigenvalue weighted by molar-refractivity contribution is -0.117. The molecule has 0 aromatic heterocycles. The molecule has 19 heavy (non-hydrogen) atoms. The average molecular weight is 259 g/mol. The van der Waals surface area contributed by atoms with Gasteiger partial charge in [-0.1, -0.05) is 26.3 Å². The molecule has 1 unspecified atom stereocenters. The molecule has 0 aliphatic heterocycles. The summed E-state index contributed by atoms with van der Waals surface area (Å²) in [6, 6.07) is 8.99. The number of benzene rings is 1. The Bertz CT molecular complexity index is 465. The van der Waals surface area contributed by atoms with Gasteiger partial charge < -0.3 is 5.32 Å². The molecule has 1 N–H and O–H groups in total. The van der Waals surface area contributed by atoms with Crippen molar-refractivity contribution in [1.29, 1.82) is 5.26 Å². The number of anilines is 1. The summed E-state index contributed by atoms with van der Waals surface area (Å²) in [7, 11) is 1.94. The van der Waals surface area contributed by atoms with Crippen LogP contribution in [-0.4, -0.2) is 30.9 Å². The molecule has 4 heteroatoms. The van der Waals surface area contributed by atoms with E-state index in [0.717, 1.165) is 13.0 Å². The Morgan fingerprint density at radius 3 is 2.89 bits per heavy atom. The molecule has 0 radical (unpaired) electrons. The first-order chi connectivity index (χ1) is 9.05. The molecule has 1 amide bonds. The summed E-state index contributed by atoms with van der Waals surface area (Å²) < 4.78 is 0. The maximum atomic E-state index is 11.9. The predicted octanol–water partition coefficient (Wildman–Crippen LogP) is 2.47. The lowest BCUT2D eigenvalue weighted by Crippen LogP contribution is -2.33. The molecule has 1 aromatic rings. The van der Waals surface area contributed by atoms with Crippen molar-refractivity contribution in [2.45, 2.75) is 20.3 Å². The van der Waals surface area contributed by atoms with Gasteiger partial charge >= 0.3 is 0 Å². The van der Waals surface area contributed by atoms with Gasteiger partial charge in [0.25, 0.3) is 0 Å². The Balaban J connectivity index is 2.49. The number of hydrogen-bond donors (Lipinski definition) is 1. The van der Waals surface area contributed by atoms with Crippen molar-refractivity contribution >= 4 is 11.6 Å². The fraction of sp³-hybridized carbons (Fsp3) is 0.467. The highest BCUT2D eigenvalue weighted by molar-refractivity contribution is 5.92. The third-order valence-electron chi connectivity index (χ3n) is 3.01. The van der Waals surface area contributed by atoms with E-state index >= 15 is 0 Å². The third kappa shape index (κ3) is 5.54. The van der Waals surface area contributed by atoms with Crippen LogP contribution in [0, 0.1) is 17.2 Å². The highest BCUT2D eigenvalue weighted by Crippen LogP contribution is 2.10. The molecule has 0 bridgehead atoms. The lowest BCUT2D eigenvalue weighted by atomic mass is 10.1. The van der Waals surface area contributed by atoms with Gasteiger partial charge in [-0.05, 0) is 31.2 Å². The molecule has 1 atom stereocenters. The minimum absolute atomic E-state index is 0.0547. The van der Waals surface area contributed by atoms with Crippen LogP contribution in [0.2, 0.25) is 0 Å². The first-order valence-electron chi connectivity index (χ1n) is 6.53. The van der Waals surface area contributed by atoms with Crippen molar-refractivity contribution in [2.24, 2.45) is 5.92 Å². The maximum Gasteiger partial charge on any atom is 0.238 e. The number of rotatable bonds is 6. The van der Waals surface area contributed by atoms with E-state index in [4.69, 9.17) is 5.26 Å². The van der Waals surface area contributed by atoms with Gasteiger partial charge in [0.2, 0.25) is 5.91 Å². The summed E-state index contributed by atoms with van der Waals surface area (Å²) in [5, 5.41) is 11.6. The smallest absolute Gasteiger partial charge is 0.238 e. The second kappa shape index (κ2) is 7.55. The standard InChI is InChI=1S/C15H21N3O/c1-4-12(2)10-18(3)11-15(19)17-14-7-5-6-13(8-14)9-16/h5-8,12H,4,10-11H2,1-3H3,(H,17,19). The van der Waals surface area contributed by atoms with Crippen molar-refractivity contribution in [3.63, 3.8) is 0 Å². The van der Waals surface area contributed by atoms with Gasteiger partial charge in [-0.15, -0.1) is 0 Å². The number of nitrogens with zero attached hydrogens (tertiary/aromatic N) is 2. The molecule has 102 valence electrons. The Morgan fingerprint density at radius 2 is 2.26 bits per heavy atom. The zero-order chi connectivity index (χ0) is 14.3. The lowest BCUT2D eigenvalue weighted by Gasteiger charge is -2.19. The topological polar surface area (TPSA) is 56.1 Å². The second-order valence-corrected chi connectivity index (χ2v) is 4.95. The van der Waals surface area contributed by atoms with Gasteiger partial charge in [0.15, 0.2) is 0 Å². The normalized spacial score (nSPS) is 11.9. The SMILES string of the molecule is CCC(C)CN(C)CC(=O)Nc1cccc(C#N)c1. The van der Waals surface area contributed by atoms with Crippen LogP contribution in [0.5, 0.6) is 0 Å². The molecular weight excluding hydrogens is 238 g/mol. The van der Waals surface area contributed by atoms with Crippen LogP contribution < -0.4 is 5.32 Å². The molecule has 0 aliphatic rings. The maximum absolute atomic E-state index is 11.9. The van der Waals surface area contributed by atoms with Crippen LogP contribution in [0.3, 0.4) is 0 Å². The minimum atomic E-state index is -0.0547. The number of carbonyl (C=O) groups excluding carboxylic acids is 1. The van der Waals surface area contributed by atoms with Crippen LogP contribution in [0.25, 0.3) is 0 Å². The van der Waals surface area contributed by atoms with Gasteiger partial charge in [-0.25, -0.2) is 0 Å². The predicted molar refractivity (Wildman–Crippen MR) is 76.7 cm³/mol. The summed E-state index contributed by atoms with van der Waals surface area (Å²) in [6.45, 7) is 5.58. The quantitative estimate of drug-likeness (QED) is 0.854. The minimum Gasteiger partial charge on any atom is -0.325 e. The zero-order valence-corrected chi connectivity index (χ0v) is 11.8. The molecule has 0 saturated carbocycles. The number of nitriles is 1. The summed E-state index contributed by atoms with van der Waals surface area (Å²) in [4.78, 5) is 13.9. The first kappa shape index (κ1) is 15.2. The van der Waals surface area contributed by atoms with E-state index in [9.17, 15) is 4.79 Å². The summed E-state index contributed by atoms with van der Waals surface area (Å²) in [5.74, 6) is 0.528. The van der Waals surface area contributed by atoms with Crippen molar-refractivity contribution in [3.8, 4) is 6.07 Å². The summed E-state index contributed by atoms with van der Waals surface area (Å²) in [5.41, 5.74) is 1.21. The number of likely N-dealkylation sites (N-methyl/N-ethyl adjacent to an activating group) is 1. The first-order valence-corrected chi connectivity index (χ1v) is 6.53. The van der Waals surface area contributed by atoms with E-state index in [-0.39, 0.29) is 5.91 Å². The van der Waals surface area contributed by atoms with Gasteiger partial charge in [-0.2, -0.15) is 5.26 Å². The largest absolute Gasteiger partial charge is 0.325 e. The molecule has 0 spiro atoms. The second-order valence-electron chi connectivity index (χ2n) is 4.95. The van der Waals surface area contributed by atoms with E-state index in [1.807, 2.05) is 11.9 Å². The molecule has 4 nitrogen and oxygen atoms in total. The van der Waals surface area contributed by atoms with Gasteiger partial charge in [-0.3, -0.25) is 9.69 Å². The molecule has 0 saturated heterocycles. The fourth-order valence-corrected chi connectivity index (χ4v) is 1.84. The summed E-state index contributed by atoms with van der Waals surface area (Å²) in [6.07, 6.45) is 1.11. The van der Waals surface area contributed by atoms with E-state index in [2.05, 4.69) is 25.2 Å². The van der Waals surface area contributed by atoms with Gasteiger partial charge in [0.05, 0.1) is 18.2 Å². The number of nitrogens with one attached hydrogen (secondary N) is 1. The van der Waals surface area contributed by atoms with Crippen molar-refractivity contribution in [1.82, 2.24) is 4.90 Å². The van der Waals surface area contributed by atoms with E-state index < -0.39 is 0 Å². The van der Waals surface area contributed by atoms with E-state index in [1.165, 1.54) is 0 Å². The van der Waals surface area contributed by atoms with Crippen molar-refractivity contribution in [2.75, 3.05) is 25.5 Å². The van der Waals surface area contributed by atoms with Crippen LogP contribution in [-0.2, 0) is 4.79 Å². The zero-order valence-electron chi connectivity index (χ0n) is 11.8. The van der Waals surface area contributed by atoms with Crippen LogP contribution >= 0.6 is 0 Å². The molecule has 0 fully saturated rings. The van der Waals surface area contributed by atoms with E-state index in [0.29, 0.717) is 23.7 Å². The van der Waals surface area contributed by atoms with Crippen molar-refractivity contribution in [3.05, 3.63) is 29.8 Å². The number of amides is 1. The van der Waals surface area contributed by atoms with Crippen LogP contribution in [0.1, 0.15) is 25.8 Å². The Kier molecular flexibility index (Phi) is 6.04. The molecule has 1 rings (SSSR count). The van der Waals surface area contributed by atoms with Gasteiger partial charge in [0.1, 0.15) is 0 Å². The highest BCUT2D eigenvalue weighted by Gasteiger charge is 2.09. The molecular formula is C15H21N3O. The fourth-order valence-electron chi connectivity index (χ4n) is 1.84. The van der Waals surface area contributed by atoms with Crippen LogP contribution in [0.4, 0.5) is 5.69 Å². The molecule has 0 heterocycles. The molecule has 1 aromatic carbocycles. The average Bonchev–Trinajstić information content (AvgIpc) is 2.38. The number of hydrogen-bond acceptors (Lipinski definition) is 3. The third-order valence-corrected chi connectivity index (χ3v) is 3.01. The van der Waals surface area contributed by atoms with Gasteiger partial charge in [0, 0.05) is 12.2 Å². The Morgan fingerprint density at radius 1 is 1.53 bits per heavy atom. The summed E-state index contributed by atoms with van der Waals surface area (Å²) >= 11 is 0. The van der Waals surface area contributed by atoms with Crippen molar-refractivity contribution < 1.29 is 4.79 Å². The Hall–Kier alpha value is -1.86. The van der Waals surface area contributed by atoms with E-state index in [1.54, 1.807) is 24.3 Å².